The fraction of sp³-hybridized carbons (Fsp3) is 0.444. The standard InChI is InChI=1S/C9H13N3O3/c1-3-12-6-5-10-8(12)7(11-14)9(13)15-4-2/h5-6,14H,3-4H2,1-2H3/b11-7+. The minimum absolute atomic E-state index is 0.177. The highest BCUT2D eigenvalue weighted by Gasteiger charge is 2.20. The van der Waals surface area contributed by atoms with Gasteiger partial charge in [0, 0.05) is 18.9 Å². The maximum atomic E-state index is 11.4. The van der Waals surface area contributed by atoms with Crippen molar-refractivity contribution in [3.8, 4) is 0 Å². The van der Waals surface area contributed by atoms with Gasteiger partial charge in [-0.2, -0.15) is 0 Å². The minimum Gasteiger partial charge on any atom is -0.461 e. The number of carbonyl (C=O) groups is 1. The molecule has 0 aliphatic carbocycles. The maximum Gasteiger partial charge on any atom is 0.364 e. The first-order valence-electron chi connectivity index (χ1n) is 4.65. The van der Waals surface area contributed by atoms with Crippen molar-refractivity contribution in [3.05, 3.63) is 18.2 Å². The quantitative estimate of drug-likeness (QED) is 0.343. The first-order valence-corrected chi connectivity index (χ1v) is 4.65. The molecule has 82 valence electrons. The van der Waals surface area contributed by atoms with Crippen molar-refractivity contribution >= 4 is 11.7 Å². The van der Waals surface area contributed by atoms with E-state index < -0.39 is 5.97 Å². The van der Waals surface area contributed by atoms with Crippen LogP contribution in [0.2, 0.25) is 0 Å². The summed E-state index contributed by atoms with van der Waals surface area (Å²) in [6, 6.07) is 0. The van der Waals surface area contributed by atoms with Crippen LogP contribution >= 0.6 is 0 Å². The zero-order valence-electron chi connectivity index (χ0n) is 8.67. The number of aryl methyl sites for hydroxylation is 1. The Balaban J connectivity index is 2.98. The summed E-state index contributed by atoms with van der Waals surface area (Å²) in [5, 5.41) is 11.7. The molecule has 0 unspecified atom stereocenters. The van der Waals surface area contributed by atoms with Gasteiger partial charge >= 0.3 is 5.97 Å². The monoisotopic (exact) mass is 211 g/mol. The summed E-state index contributed by atoms with van der Waals surface area (Å²) in [6.07, 6.45) is 3.23. The van der Waals surface area contributed by atoms with Crippen molar-refractivity contribution in [2.45, 2.75) is 20.4 Å². The number of aromatic nitrogens is 2. The number of carbonyl (C=O) groups excluding carboxylic acids is 1. The van der Waals surface area contributed by atoms with Gasteiger partial charge in [0.2, 0.25) is 5.71 Å². The second-order valence-corrected chi connectivity index (χ2v) is 2.71. The predicted molar refractivity (Wildman–Crippen MR) is 52.9 cm³/mol. The second kappa shape index (κ2) is 5.14. The van der Waals surface area contributed by atoms with Crippen LogP contribution in [0.1, 0.15) is 19.7 Å². The topological polar surface area (TPSA) is 76.7 Å². The summed E-state index contributed by atoms with van der Waals surface area (Å²) in [7, 11) is 0. The van der Waals surface area contributed by atoms with E-state index in [0.717, 1.165) is 0 Å². The molecule has 0 aliphatic heterocycles. The Labute approximate surface area is 87.2 Å². The van der Waals surface area contributed by atoms with Crippen molar-refractivity contribution in [1.82, 2.24) is 9.55 Å². The van der Waals surface area contributed by atoms with Crippen molar-refractivity contribution in [2.75, 3.05) is 6.61 Å². The van der Waals surface area contributed by atoms with Gasteiger partial charge in [0.1, 0.15) is 0 Å². The Morgan fingerprint density at radius 3 is 2.93 bits per heavy atom. The largest absolute Gasteiger partial charge is 0.461 e. The molecule has 0 saturated carbocycles. The molecular weight excluding hydrogens is 198 g/mol. The lowest BCUT2D eigenvalue weighted by Crippen LogP contribution is -2.22. The van der Waals surface area contributed by atoms with Crippen LogP contribution in [0.4, 0.5) is 0 Å². The molecule has 0 radical (unpaired) electrons. The molecule has 0 atom stereocenters. The summed E-state index contributed by atoms with van der Waals surface area (Å²) < 4.78 is 6.42. The second-order valence-electron chi connectivity index (χ2n) is 2.71. The molecule has 1 heterocycles. The highest BCUT2D eigenvalue weighted by molar-refractivity contribution is 6.42. The highest BCUT2D eigenvalue weighted by Crippen LogP contribution is 2.01. The van der Waals surface area contributed by atoms with Crippen LogP contribution in [0.3, 0.4) is 0 Å². The summed E-state index contributed by atoms with van der Waals surface area (Å²) >= 11 is 0. The number of nitrogens with zero attached hydrogens (tertiary/aromatic N) is 3. The normalized spacial score (nSPS) is 11.5. The van der Waals surface area contributed by atoms with Crippen molar-refractivity contribution in [1.29, 1.82) is 0 Å². The van der Waals surface area contributed by atoms with Crippen LogP contribution < -0.4 is 0 Å². The number of hydrogen-bond donors (Lipinski definition) is 1. The van der Waals surface area contributed by atoms with E-state index in [-0.39, 0.29) is 12.3 Å². The van der Waals surface area contributed by atoms with E-state index in [1.165, 1.54) is 6.20 Å². The summed E-state index contributed by atoms with van der Waals surface area (Å²) in [5.74, 6) is -0.376. The van der Waals surface area contributed by atoms with Gasteiger partial charge in [-0.3, -0.25) is 0 Å². The molecule has 0 fully saturated rings. The van der Waals surface area contributed by atoms with Crippen LogP contribution in [-0.4, -0.2) is 33.0 Å². The van der Waals surface area contributed by atoms with E-state index in [1.54, 1.807) is 17.7 Å². The third kappa shape index (κ3) is 2.34. The van der Waals surface area contributed by atoms with E-state index >= 15 is 0 Å². The first kappa shape index (κ1) is 11.2. The molecule has 0 aromatic carbocycles. The van der Waals surface area contributed by atoms with Crippen LogP contribution in [0.5, 0.6) is 0 Å². The molecule has 0 aliphatic rings. The Morgan fingerprint density at radius 2 is 2.40 bits per heavy atom. The van der Waals surface area contributed by atoms with Gasteiger partial charge in [0.15, 0.2) is 5.82 Å². The lowest BCUT2D eigenvalue weighted by Gasteiger charge is -2.05. The first-order chi connectivity index (χ1) is 7.24. The zero-order valence-corrected chi connectivity index (χ0v) is 8.67. The zero-order chi connectivity index (χ0) is 11.3. The Morgan fingerprint density at radius 1 is 1.67 bits per heavy atom. The average Bonchev–Trinajstić information content (AvgIpc) is 2.67. The smallest absolute Gasteiger partial charge is 0.364 e. The van der Waals surface area contributed by atoms with Crippen LogP contribution in [0.25, 0.3) is 0 Å². The van der Waals surface area contributed by atoms with Crippen molar-refractivity contribution in [2.24, 2.45) is 5.16 Å². The van der Waals surface area contributed by atoms with Gasteiger partial charge in [-0.15, -0.1) is 0 Å². The SMILES string of the molecule is CCOC(=O)/C(=N/O)c1nccn1CC. The third-order valence-electron chi connectivity index (χ3n) is 1.84. The maximum absolute atomic E-state index is 11.4. The van der Waals surface area contributed by atoms with Gasteiger partial charge in [-0.1, -0.05) is 5.16 Å². The predicted octanol–water partition coefficient (Wildman–Crippen LogP) is 0.644. The molecule has 1 N–H and O–H groups in total. The molecule has 0 amide bonds. The highest BCUT2D eigenvalue weighted by atomic mass is 16.5. The van der Waals surface area contributed by atoms with E-state index in [0.29, 0.717) is 12.4 Å². The Hall–Kier alpha value is -1.85. The number of hydrogen-bond acceptors (Lipinski definition) is 5. The minimum atomic E-state index is -0.680. The molecule has 1 aromatic rings. The number of rotatable bonds is 4. The van der Waals surface area contributed by atoms with Crippen LogP contribution in [0, 0.1) is 0 Å². The number of imidazole rings is 1. The lowest BCUT2D eigenvalue weighted by atomic mass is 10.3. The number of ether oxygens (including phenoxy) is 1. The van der Waals surface area contributed by atoms with Gasteiger partial charge in [0.25, 0.3) is 0 Å². The van der Waals surface area contributed by atoms with Crippen molar-refractivity contribution in [3.63, 3.8) is 0 Å². The van der Waals surface area contributed by atoms with E-state index in [2.05, 4.69) is 10.1 Å². The van der Waals surface area contributed by atoms with Gasteiger partial charge in [0.05, 0.1) is 6.61 Å². The van der Waals surface area contributed by atoms with Gasteiger partial charge in [-0.25, -0.2) is 9.78 Å². The molecule has 6 nitrogen and oxygen atoms in total. The van der Waals surface area contributed by atoms with Crippen molar-refractivity contribution < 1.29 is 14.7 Å². The van der Waals surface area contributed by atoms with Crippen LogP contribution in [-0.2, 0) is 16.1 Å². The molecule has 6 heteroatoms. The molecular formula is C9H13N3O3. The summed E-state index contributed by atoms with van der Waals surface area (Å²) in [6.45, 7) is 4.43. The fourth-order valence-corrected chi connectivity index (χ4v) is 1.16. The third-order valence-corrected chi connectivity index (χ3v) is 1.84. The lowest BCUT2D eigenvalue weighted by molar-refractivity contribution is -0.135. The number of esters is 1. The van der Waals surface area contributed by atoms with Crippen LogP contribution in [0.15, 0.2) is 17.5 Å². The Kier molecular flexibility index (Phi) is 3.84. The van der Waals surface area contributed by atoms with E-state index in [4.69, 9.17) is 9.94 Å². The summed E-state index contributed by atoms with van der Waals surface area (Å²) in [5.41, 5.74) is -0.177. The fourth-order valence-electron chi connectivity index (χ4n) is 1.16. The molecule has 1 rings (SSSR count). The Bertz CT molecular complexity index is 370. The summed E-state index contributed by atoms with van der Waals surface area (Å²) in [4.78, 5) is 15.3. The number of oxime groups is 1. The molecule has 1 aromatic heterocycles. The van der Waals surface area contributed by atoms with Gasteiger partial charge in [-0.05, 0) is 13.8 Å². The molecule has 0 bridgehead atoms. The van der Waals surface area contributed by atoms with E-state index in [9.17, 15) is 4.79 Å². The average molecular weight is 211 g/mol. The van der Waals surface area contributed by atoms with Gasteiger partial charge < -0.3 is 14.5 Å². The molecule has 15 heavy (non-hydrogen) atoms. The van der Waals surface area contributed by atoms with E-state index in [1.807, 2.05) is 6.92 Å². The molecule has 0 spiro atoms. The molecule has 0 saturated heterocycles.